The van der Waals surface area contributed by atoms with E-state index in [4.69, 9.17) is 4.98 Å². The fraction of sp³-hybridized carbons (Fsp3) is 0.607. The second kappa shape index (κ2) is 10.6. The number of rotatable bonds is 7. The van der Waals surface area contributed by atoms with E-state index in [0.29, 0.717) is 11.9 Å². The summed E-state index contributed by atoms with van der Waals surface area (Å²) in [4.78, 5) is 28.4. The quantitative estimate of drug-likeness (QED) is 0.501. The first kappa shape index (κ1) is 24.2. The molecule has 0 bridgehead atoms. The summed E-state index contributed by atoms with van der Waals surface area (Å²) >= 11 is 0. The lowest BCUT2D eigenvalue weighted by Crippen LogP contribution is -2.43. The highest BCUT2D eigenvalue weighted by Gasteiger charge is 2.23. The van der Waals surface area contributed by atoms with Gasteiger partial charge in [0.2, 0.25) is 5.95 Å². The standard InChI is InChI=1S/C28H40N6O/c1-20(2)11-12-29-28-30-18-25-23-10-9-21(19-33-15-13-32(3)14-16-33)17-24(23)27(35)34(26(25)31-28)22-7-5-4-6-8-22/h9-10,17-18,20,22H,4-8,11-16,19H2,1-3H3,(H,29,30,31). The summed E-state index contributed by atoms with van der Waals surface area (Å²) < 4.78 is 2.01. The summed E-state index contributed by atoms with van der Waals surface area (Å²) in [6.07, 6.45) is 8.66. The van der Waals surface area contributed by atoms with Gasteiger partial charge in [0.25, 0.3) is 5.56 Å². The topological polar surface area (TPSA) is 66.3 Å². The molecule has 1 aliphatic heterocycles. The number of pyridine rings is 1. The zero-order valence-corrected chi connectivity index (χ0v) is 21.6. The largest absolute Gasteiger partial charge is 0.354 e. The molecule has 1 saturated carbocycles. The lowest BCUT2D eigenvalue weighted by molar-refractivity contribution is 0.148. The maximum absolute atomic E-state index is 14.0. The van der Waals surface area contributed by atoms with E-state index >= 15 is 0 Å². The van der Waals surface area contributed by atoms with E-state index in [9.17, 15) is 4.79 Å². The number of piperazine rings is 1. The van der Waals surface area contributed by atoms with E-state index in [-0.39, 0.29) is 11.6 Å². The minimum absolute atomic E-state index is 0.103. The number of benzene rings is 1. The fourth-order valence-corrected chi connectivity index (χ4v) is 5.57. The molecule has 1 N–H and O–H groups in total. The van der Waals surface area contributed by atoms with Gasteiger partial charge in [-0.2, -0.15) is 4.98 Å². The molecule has 2 aromatic heterocycles. The van der Waals surface area contributed by atoms with Crippen molar-refractivity contribution in [3.8, 4) is 0 Å². The van der Waals surface area contributed by atoms with Crippen molar-refractivity contribution in [2.75, 3.05) is 45.1 Å². The minimum atomic E-state index is 0.103. The number of hydrogen-bond acceptors (Lipinski definition) is 6. The normalized spacial score (nSPS) is 18.6. The average molecular weight is 477 g/mol. The molecule has 2 fully saturated rings. The van der Waals surface area contributed by atoms with Gasteiger partial charge in [-0.05, 0) is 49.2 Å². The maximum atomic E-state index is 14.0. The SMILES string of the molecule is CC(C)CCNc1ncc2c3ccc(CN4CCN(C)CC4)cc3c(=O)n(C3CCCCC3)c2n1. The first-order valence-electron chi connectivity index (χ1n) is 13.5. The summed E-state index contributed by atoms with van der Waals surface area (Å²) in [5, 5.41) is 6.12. The third-order valence-electron chi connectivity index (χ3n) is 7.77. The van der Waals surface area contributed by atoms with Crippen LogP contribution in [0.15, 0.2) is 29.2 Å². The number of nitrogens with one attached hydrogen (secondary N) is 1. The van der Waals surface area contributed by atoms with Crippen LogP contribution >= 0.6 is 0 Å². The van der Waals surface area contributed by atoms with E-state index < -0.39 is 0 Å². The van der Waals surface area contributed by atoms with Gasteiger partial charge in [0.15, 0.2) is 0 Å². The Labute approximate surface area is 208 Å². The number of anilines is 1. The first-order valence-corrected chi connectivity index (χ1v) is 13.5. The highest BCUT2D eigenvalue weighted by atomic mass is 16.1. The van der Waals surface area contributed by atoms with Gasteiger partial charge in [0, 0.05) is 62.3 Å². The van der Waals surface area contributed by atoms with Crippen molar-refractivity contribution >= 4 is 27.8 Å². The Bertz CT molecular complexity index is 1220. The second-order valence-electron chi connectivity index (χ2n) is 11.0. The van der Waals surface area contributed by atoms with E-state index in [1.54, 1.807) is 0 Å². The Morgan fingerprint density at radius 2 is 1.80 bits per heavy atom. The predicted octanol–water partition coefficient (Wildman–Crippen LogP) is 4.66. The molecule has 1 aliphatic carbocycles. The van der Waals surface area contributed by atoms with Crippen molar-refractivity contribution in [2.45, 2.75) is 65.0 Å². The number of hydrogen-bond donors (Lipinski definition) is 1. The summed E-state index contributed by atoms with van der Waals surface area (Å²) in [6.45, 7) is 10.5. The molecule has 3 aromatic rings. The van der Waals surface area contributed by atoms with Crippen LogP contribution in [-0.2, 0) is 6.54 Å². The predicted molar refractivity (Wildman–Crippen MR) is 144 cm³/mol. The summed E-state index contributed by atoms with van der Waals surface area (Å²) in [5.41, 5.74) is 2.09. The first-order chi connectivity index (χ1) is 17.0. The Balaban J connectivity index is 1.56. The van der Waals surface area contributed by atoms with Crippen LogP contribution in [0.25, 0.3) is 21.8 Å². The number of nitrogens with zero attached hydrogens (tertiary/aromatic N) is 5. The third-order valence-corrected chi connectivity index (χ3v) is 7.77. The third kappa shape index (κ3) is 5.36. The van der Waals surface area contributed by atoms with Crippen molar-refractivity contribution in [2.24, 2.45) is 5.92 Å². The van der Waals surface area contributed by atoms with Gasteiger partial charge in [-0.25, -0.2) is 4.98 Å². The zero-order chi connectivity index (χ0) is 24.4. The maximum Gasteiger partial charge on any atom is 0.260 e. The van der Waals surface area contributed by atoms with Gasteiger partial charge in [-0.15, -0.1) is 0 Å². The molecular weight excluding hydrogens is 436 g/mol. The molecule has 0 radical (unpaired) electrons. The Morgan fingerprint density at radius 1 is 1.03 bits per heavy atom. The monoisotopic (exact) mass is 476 g/mol. The molecule has 1 saturated heterocycles. The van der Waals surface area contributed by atoms with Crippen LogP contribution in [0.1, 0.15) is 64.0 Å². The van der Waals surface area contributed by atoms with Crippen molar-refractivity contribution < 1.29 is 0 Å². The number of likely N-dealkylation sites (N-methyl/N-ethyl adjacent to an activating group) is 1. The molecular formula is C28H40N6O. The Morgan fingerprint density at radius 3 is 2.54 bits per heavy atom. The number of aromatic nitrogens is 3. The molecule has 7 nitrogen and oxygen atoms in total. The molecule has 7 heteroatoms. The van der Waals surface area contributed by atoms with Crippen molar-refractivity contribution in [3.05, 3.63) is 40.3 Å². The van der Waals surface area contributed by atoms with Gasteiger partial charge in [0.05, 0.1) is 0 Å². The average Bonchev–Trinajstić information content (AvgIpc) is 2.86. The van der Waals surface area contributed by atoms with Gasteiger partial charge >= 0.3 is 0 Å². The molecule has 188 valence electrons. The molecule has 5 rings (SSSR count). The molecule has 0 spiro atoms. The van der Waals surface area contributed by atoms with E-state index in [1.807, 2.05) is 10.8 Å². The van der Waals surface area contributed by atoms with Crippen molar-refractivity contribution in [1.29, 1.82) is 0 Å². The van der Waals surface area contributed by atoms with Crippen LogP contribution in [0.4, 0.5) is 5.95 Å². The van der Waals surface area contributed by atoms with Crippen LogP contribution < -0.4 is 10.9 Å². The van der Waals surface area contributed by atoms with Crippen LogP contribution in [0, 0.1) is 5.92 Å². The molecule has 0 atom stereocenters. The van der Waals surface area contributed by atoms with Crippen molar-refractivity contribution in [3.63, 3.8) is 0 Å². The Kier molecular flexibility index (Phi) is 7.35. The molecule has 1 aromatic carbocycles. The minimum Gasteiger partial charge on any atom is -0.354 e. The second-order valence-corrected chi connectivity index (χ2v) is 11.0. The molecule has 35 heavy (non-hydrogen) atoms. The van der Waals surface area contributed by atoms with Crippen LogP contribution in [-0.4, -0.2) is 64.1 Å². The molecule has 0 amide bonds. The Hall–Kier alpha value is -2.51. The van der Waals surface area contributed by atoms with Crippen LogP contribution in [0.3, 0.4) is 0 Å². The fourth-order valence-electron chi connectivity index (χ4n) is 5.57. The smallest absolute Gasteiger partial charge is 0.260 e. The molecule has 0 unspecified atom stereocenters. The zero-order valence-electron chi connectivity index (χ0n) is 21.6. The van der Waals surface area contributed by atoms with E-state index in [1.165, 1.54) is 24.8 Å². The molecule has 2 aliphatic rings. The summed E-state index contributed by atoms with van der Waals surface area (Å²) in [6, 6.07) is 6.64. The lowest BCUT2D eigenvalue weighted by Gasteiger charge is -2.32. The van der Waals surface area contributed by atoms with Gasteiger partial charge < -0.3 is 10.2 Å². The number of fused-ring (bicyclic) bond motifs is 3. The van der Waals surface area contributed by atoms with Crippen LogP contribution in [0.2, 0.25) is 0 Å². The van der Waals surface area contributed by atoms with Crippen LogP contribution in [0.5, 0.6) is 0 Å². The van der Waals surface area contributed by atoms with E-state index in [0.717, 1.165) is 80.3 Å². The summed E-state index contributed by atoms with van der Waals surface area (Å²) in [7, 11) is 2.18. The lowest BCUT2D eigenvalue weighted by atomic mass is 9.94. The highest BCUT2D eigenvalue weighted by molar-refractivity contribution is 6.04. The van der Waals surface area contributed by atoms with Gasteiger partial charge in [0.1, 0.15) is 5.65 Å². The summed E-state index contributed by atoms with van der Waals surface area (Å²) in [5.74, 6) is 1.24. The van der Waals surface area contributed by atoms with Crippen molar-refractivity contribution in [1.82, 2.24) is 24.3 Å². The molecule has 3 heterocycles. The van der Waals surface area contributed by atoms with Gasteiger partial charge in [-0.1, -0.05) is 45.2 Å². The van der Waals surface area contributed by atoms with E-state index in [2.05, 4.69) is 59.2 Å². The highest BCUT2D eigenvalue weighted by Crippen LogP contribution is 2.32. The van der Waals surface area contributed by atoms with Gasteiger partial charge in [-0.3, -0.25) is 14.3 Å².